The first-order valence-corrected chi connectivity index (χ1v) is 10.6. The van der Waals surface area contributed by atoms with Gasteiger partial charge in [0.15, 0.2) is 0 Å². The number of carbonyl (C=O) groups is 2. The maximum absolute atomic E-state index is 13.9. The summed E-state index contributed by atoms with van der Waals surface area (Å²) in [4.78, 5) is 23.9. The zero-order valence-corrected chi connectivity index (χ0v) is 18.9. The van der Waals surface area contributed by atoms with Crippen LogP contribution in [-0.2, 0) is 14.3 Å². The number of ether oxygens (including phenoxy) is 3. The van der Waals surface area contributed by atoms with Crippen LogP contribution in [0.2, 0.25) is 0 Å². The first kappa shape index (κ1) is 26.5. The highest BCUT2D eigenvalue weighted by molar-refractivity contribution is 5.85. The first-order chi connectivity index (χ1) is 16.3. The van der Waals surface area contributed by atoms with E-state index in [1.807, 2.05) is 0 Å². The van der Waals surface area contributed by atoms with Gasteiger partial charge in [-0.1, -0.05) is 29.9 Å². The number of amides is 1. The summed E-state index contributed by atoms with van der Waals surface area (Å²) < 4.78 is 42.7. The van der Waals surface area contributed by atoms with E-state index in [9.17, 15) is 18.4 Å². The van der Waals surface area contributed by atoms with Gasteiger partial charge in [0.1, 0.15) is 30.1 Å². The highest BCUT2D eigenvalue weighted by Gasteiger charge is 2.19. The van der Waals surface area contributed by atoms with Gasteiger partial charge in [0.2, 0.25) is 0 Å². The molecule has 0 unspecified atom stereocenters. The second-order valence-corrected chi connectivity index (χ2v) is 7.11. The molecule has 1 amide bonds. The van der Waals surface area contributed by atoms with E-state index in [1.165, 1.54) is 12.2 Å². The summed E-state index contributed by atoms with van der Waals surface area (Å²) in [5, 5.41) is 11.2. The van der Waals surface area contributed by atoms with E-state index in [4.69, 9.17) is 19.3 Å². The summed E-state index contributed by atoms with van der Waals surface area (Å²) in [6.45, 7) is 3.78. The number of anilines is 1. The molecule has 0 aromatic heterocycles. The Balaban J connectivity index is 2.17. The zero-order chi connectivity index (χ0) is 24.9. The Bertz CT molecular complexity index is 1020. The molecule has 7 nitrogen and oxygen atoms in total. The van der Waals surface area contributed by atoms with Gasteiger partial charge in [-0.15, -0.1) is 0 Å². The summed E-state index contributed by atoms with van der Waals surface area (Å²) in [7, 11) is 0. The van der Waals surface area contributed by atoms with E-state index in [2.05, 4.69) is 5.32 Å². The topological polar surface area (TPSA) is 94.1 Å². The average molecular weight is 475 g/mol. The summed E-state index contributed by atoms with van der Waals surface area (Å²) in [6.07, 6.45) is 3.07. The van der Waals surface area contributed by atoms with Crippen molar-refractivity contribution in [2.75, 3.05) is 25.1 Å². The molecule has 2 aromatic carbocycles. The van der Waals surface area contributed by atoms with Crippen molar-refractivity contribution in [1.82, 2.24) is 0 Å². The molecule has 0 spiro atoms. The minimum absolute atomic E-state index is 0.128. The second-order valence-electron chi connectivity index (χ2n) is 7.11. The molecule has 0 saturated carbocycles. The molecule has 2 rings (SSSR count). The van der Waals surface area contributed by atoms with E-state index in [0.29, 0.717) is 17.4 Å². The van der Waals surface area contributed by atoms with Crippen LogP contribution in [0, 0.1) is 11.6 Å². The van der Waals surface area contributed by atoms with Gasteiger partial charge in [-0.3, -0.25) is 5.32 Å². The third-order valence-corrected chi connectivity index (χ3v) is 4.44. The standard InChI is InChI=1S/C25H27F2NO6/c1-3-32-24(30)6-4-5-17(2)15-23(18-7-10-20(11-8-18)33-14-13-29)34-25(31)28-22-12-9-19(26)16-21(22)27/h4-12,16,23,29H,3,13-15H2,1-2H3,(H,28,31)/b6-4+,17-5+/t23-/m1/s1. The number of esters is 1. The van der Waals surface area contributed by atoms with Crippen LogP contribution >= 0.6 is 0 Å². The van der Waals surface area contributed by atoms with Gasteiger partial charge in [0.25, 0.3) is 0 Å². The molecule has 34 heavy (non-hydrogen) atoms. The van der Waals surface area contributed by atoms with Gasteiger partial charge in [-0.25, -0.2) is 18.4 Å². The molecule has 0 aliphatic rings. The molecule has 0 heterocycles. The molecule has 0 radical (unpaired) electrons. The third kappa shape index (κ3) is 9.03. The lowest BCUT2D eigenvalue weighted by Crippen LogP contribution is -2.18. The van der Waals surface area contributed by atoms with Gasteiger partial charge in [-0.05, 0) is 43.7 Å². The minimum atomic E-state index is -0.931. The monoisotopic (exact) mass is 475 g/mol. The normalized spacial score (nSPS) is 12.3. The average Bonchev–Trinajstić information content (AvgIpc) is 2.79. The van der Waals surface area contributed by atoms with Gasteiger partial charge in [0, 0.05) is 18.6 Å². The number of halogens is 2. The van der Waals surface area contributed by atoms with Crippen molar-refractivity contribution in [1.29, 1.82) is 0 Å². The van der Waals surface area contributed by atoms with Crippen LogP contribution < -0.4 is 10.1 Å². The second kappa shape index (κ2) is 13.7. The molecule has 0 aliphatic heterocycles. The van der Waals surface area contributed by atoms with E-state index in [-0.39, 0.29) is 31.9 Å². The Morgan fingerprint density at radius 3 is 2.53 bits per heavy atom. The van der Waals surface area contributed by atoms with Crippen molar-refractivity contribution in [3.63, 3.8) is 0 Å². The summed E-state index contributed by atoms with van der Waals surface area (Å²) in [6, 6.07) is 9.50. The largest absolute Gasteiger partial charge is 0.491 e. The first-order valence-electron chi connectivity index (χ1n) is 10.6. The van der Waals surface area contributed by atoms with Crippen molar-refractivity contribution in [2.24, 2.45) is 0 Å². The van der Waals surface area contributed by atoms with Crippen molar-refractivity contribution >= 4 is 17.7 Å². The van der Waals surface area contributed by atoms with E-state index in [1.54, 1.807) is 44.2 Å². The van der Waals surface area contributed by atoms with Gasteiger partial charge >= 0.3 is 12.1 Å². The van der Waals surface area contributed by atoms with Gasteiger partial charge in [-0.2, -0.15) is 0 Å². The van der Waals surface area contributed by atoms with Crippen LogP contribution in [-0.4, -0.2) is 37.0 Å². The number of aliphatic hydroxyl groups is 1. The maximum atomic E-state index is 13.9. The summed E-state index contributed by atoms with van der Waals surface area (Å²) >= 11 is 0. The SMILES string of the molecule is CCOC(=O)/C=C/C=C(\C)C[C@@H](OC(=O)Nc1ccc(F)cc1F)c1ccc(OCCO)cc1. The Kier molecular flexibility index (Phi) is 10.7. The molecular weight excluding hydrogens is 448 g/mol. The van der Waals surface area contributed by atoms with E-state index < -0.39 is 29.8 Å². The number of rotatable bonds is 11. The fourth-order valence-electron chi connectivity index (χ4n) is 2.87. The molecule has 0 aliphatic carbocycles. The molecule has 9 heteroatoms. The number of hydrogen-bond donors (Lipinski definition) is 2. The van der Waals surface area contributed by atoms with Crippen molar-refractivity contribution in [2.45, 2.75) is 26.4 Å². The van der Waals surface area contributed by atoms with Crippen LogP contribution in [0.5, 0.6) is 5.75 Å². The number of carbonyl (C=O) groups excluding carboxylic acids is 2. The Labute approximate surface area is 196 Å². The number of allylic oxidation sites excluding steroid dienone is 2. The van der Waals surface area contributed by atoms with Gasteiger partial charge < -0.3 is 19.3 Å². The zero-order valence-electron chi connectivity index (χ0n) is 18.9. The van der Waals surface area contributed by atoms with Gasteiger partial charge in [0.05, 0.1) is 18.9 Å². The lowest BCUT2D eigenvalue weighted by molar-refractivity contribution is -0.137. The number of hydrogen-bond acceptors (Lipinski definition) is 6. The highest BCUT2D eigenvalue weighted by atomic mass is 19.1. The van der Waals surface area contributed by atoms with Crippen LogP contribution in [0.15, 0.2) is 66.3 Å². The molecule has 182 valence electrons. The van der Waals surface area contributed by atoms with Crippen LogP contribution in [0.3, 0.4) is 0 Å². The third-order valence-electron chi connectivity index (χ3n) is 4.44. The smallest absolute Gasteiger partial charge is 0.412 e. The van der Waals surface area contributed by atoms with E-state index >= 15 is 0 Å². The minimum Gasteiger partial charge on any atom is -0.491 e. The van der Waals surface area contributed by atoms with Crippen LogP contribution in [0.1, 0.15) is 31.9 Å². The molecule has 2 aromatic rings. The summed E-state index contributed by atoms with van der Waals surface area (Å²) in [5.41, 5.74) is 1.20. The number of benzene rings is 2. The number of aliphatic hydroxyl groups excluding tert-OH is 1. The quantitative estimate of drug-likeness (QED) is 0.267. The van der Waals surface area contributed by atoms with Crippen molar-refractivity contribution in [3.05, 3.63) is 83.5 Å². The Hall–Kier alpha value is -3.72. The fourth-order valence-corrected chi connectivity index (χ4v) is 2.87. The molecule has 1 atom stereocenters. The molecule has 0 bridgehead atoms. The maximum Gasteiger partial charge on any atom is 0.412 e. The predicted molar refractivity (Wildman–Crippen MR) is 122 cm³/mol. The van der Waals surface area contributed by atoms with Crippen molar-refractivity contribution < 1.29 is 37.7 Å². The lowest BCUT2D eigenvalue weighted by atomic mass is 10.0. The predicted octanol–water partition coefficient (Wildman–Crippen LogP) is 5.08. The van der Waals surface area contributed by atoms with Crippen LogP contribution in [0.25, 0.3) is 0 Å². The highest BCUT2D eigenvalue weighted by Crippen LogP contribution is 2.28. The molecule has 0 saturated heterocycles. The van der Waals surface area contributed by atoms with E-state index in [0.717, 1.165) is 17.7 Å². The number of nitrogens with one attached hydrogen (secondary N) is 1. The Morgan fingerprint density at radius 1 is 1.15 bits per heavy atom. The molecular formula is C25H27F2NO6. The van der Waals surface area contributed by atoms with Crippen LogP contribution in [0.4, 0.5) is 19.3 Å². The lowest BCUT2D eigenvalue weighted by Gasteiger charge is -2.20. The molecule has 2 N–H and O–H groups in total. The Morgan fingerprint density at radius 2 is 1.88 bits per heavy atom. The molecule has 0 fully saturated rings. The fraction of sp³-hybridized carbons (Fsp3) is 0.280. The van der Waals surface area contributed by atoms with Crippen molar-refractivity contribution in [3.8, 4) is 5.75 Å². The summed E-state index contributed by atoms with van der Waals surface area (Å²) in [5.74, 6) is -1.65.